The van der Waals surface area contributed by atoms with Crippen LogP contribution in [0.15, 0.2) is 21.5 Å². The van der Waals surface area contributed by atoms with Gasteiger partial charge in [-0.2, -0.15) is 0 Å². The fraction of sp³-hybridized carbons (Fsp3) is 0.750. The molecule has 0 atom stereocenters. The molecule has 1 aliphatic rings. The van der Waals surface area contributed by atoms with Gasteiger partial charge in [0.1, 0.15) is 21.5 Å². The highest BCUT2D eigenvalue weighted by atomic mass is 35.5. The summed E-state index contributed by atoms with van der Waals surface area (Å²) in [5, 5.41) is 3.04. The first-order valence-corrected chi connectivity index (χ1v) is 12.6. The first-order chi connectivity index (χ1) is 14.5. The van der Waals surface area contributed by atoms with Crippen molar-refractivity contribution in [1.29, 1.82) is 0 Å². The number of nitrogens with one attached hydrogen (secondary N) is 1. The Bertz CT molecular complexity index is 602. The molecule has 1 rings (SSSR count). The lowest BCUT2D eigenvalue weighted by molar-refractivity contribution is -0.117. The minimum Gasteiger partial charge on any atom is -0.381 e. The van der Waals surface area contributed by atoms with Crippen LogP contribution in [0.3, 0.4) is 0 Å². The zero-order valence-corrected chi connectivity index (χ0v) is 20.6. The molecule has 0 heterocycles. The standard InChI is InChI=1S/C24H40Cl2N2O2/c1-4-7-10-13-16-27-21-19(25)24(30)22(20(26)23(21)29)28(17-14-11-8-5-2)18-15-12-9-6-3/h27H,4-18H2,1-3H3. The van der Waals surface area contributed by atoms with E-state index >= 15 is 0 Å². The number of allylic oxidation sites excluding steroid dienone is 2. The number of ketones is 2. The van der Waals surface area contributed by atoms with Crippen LogP contribution in [0.25, 0.3) is 0 Å². The fourth-order valence-corrected chi connectivity index (χ4v) is 4.18. The van der Waals surface area contributed by atoms with Crippen molar-refractivity contribution in [1.82, 2.24) is 10.2 Å². The Hall–Kier alpha value is -1.00. The highest BCUT2D eigenvalue weighted by Crippen LogP contribution is 2.31. The number of carbonyl (C=O) groups excluding carboxylic acids is 2. The molecule has 0 aliphatic heterocycles. The van der Waals surface area contributed by atoms with E-state index < -0.39 is 0 Å². The zero-order valence-electron chi connectivity index (χ0n) is 19.1. The Morgan fingerprint density at radius 1 is 0.667 bits per heavy atom. The Labute approximate surface area is 193 Å². The Morgan fingerprint density at radius 3 is 1.67 bits per heavy atom. The number of hydrogen-bond acceptors (Lipinski definition) is 4. The third-order valence-corrected chi connectivity index (χ3v) is 6.19. The molecule has 30 heavy (non-hydrogen) atoms. The number of halogens is 2. The van der Waals surface area contributed by atoms with E-state index in [9.17, 15) is 9.59 Å². The van der Waals surface area contributed by atoms with E-state index in [1.54, 1.807) is 0 Å². The van der Waals surface area contributed by atoms with Gasteiger partial charge in [-0.25, -0.2) is 0 Å². The van der Waals surface area contributed by atoms with Crippen LogP contribution in [0, 0.1) is 0 Å². The molecule has 0 bridgehead atoms. The predicted octanol–water partition coefficient (Wildman–Crippen LogP) is 6.67. The highest BCUT2D eigenvalue weighted by molar-refractivity contribution is 6.55. The summed E-state index contributed by atoms with van der Waals surface area (Å²) in [5.41, 5.74) is 0.444. The maximum absolute atomic E-state index is 13.1. The number of rotatable bonds is 17. The molecule has 0 spiro atoms. The first kappa shape index (κ1) is 27.0. The van der Waals surface area contributed by atoms with Crippen LogP contribution in [-0.2, 0) is 9.59 Å². The normalized spacial score (nSPS) is 14.7. The minimum atomic E-state index is -0.362. The molecule has 0 fully saturated rings. The van der Waals surface area contributed by atoms with Crippen LogP contribution in [0.5, 0.6) is 0 Å². The molecule has 172 valence electrons. The third-order valence-electron chi connectivity index (χ3n) is 5.48. The van der Waals surface area contributed by atoms with E-state index in [1.807, 2.05) is 4.90 Å². The number of unbranched alkanes of at least 4 members (excludes halogenated alkanes) is 9. The van der Waals surface area contributed by atoms with E-state index in [2.05, 4.69) is 26.1 Å². The van der Waals surface area contributed by atoms with Gasteiger partial charge < -0.3 is 10.2 Å². The van der Waals surface area contributed by atoms with Crippen molar-refractivity contribution in [2.45, 2.75) is 97.8 Å². The van der Waals surface area contributed by atoms with E-state index in [-0.39, 0.29) is 33.0 Å². The maximum Gasteiger partial charge on any atom is 0.224 e. The van der Waals surface area contributed by atoms with Gasteiger partial charge in [-0.05, 0) is 19.3 Å². The van der Waals surface area contributed by atoms with Gasteiger partial charge in [-0.15, -0.1) is 0 Å². The highest BCUT2D eigenvalue weighted by Gasteiger charge is 2.35. The molecular formula is C24H40Cl2N2O2. The number of hydrogen-bond donors (Lipinski definition) is 1. The van der Waals surface area contributed by atoms with Gasteiger partial charge in [-0.1, -0.05) is 102 Å². The summed E-state index contributed by atoms with van der Waals surface area (Å²) >= 11 is 12.8. The molecule has 0 aromatic rings. The van der Waals surface area contributed by atoms with E-state index in [1.165, 1.54) is 0 Å². The summed E-state index contributed by atoms with van der Waals surface area (Å²) in [7, 11) is 0. The maximum atomic E-state index is 13.1. The molecule has 0 aromatic carbocycles. The number of nitrogens with zero attached hydrogens (tertiary/aromatic N) is 1. The number of carbonyl (C=O) groups is 2. The van der Waals surface area contributed by atoms with Gasteiger partial charge in [0.15, 0.2) is 0 Å². The molecule has 0 unspecified atom stereocenters. The summed E-state index contributed by atoms with van der Waals surface area (Å²) in [6.45, 7) is 8.56. The SMILES string of the molecule is CCCCCCNC1=C(Cl)C(=O)C(N(CCCCCC)CCCCCC)=C(Cl)C1=O. The molecule has 0 saturated carbocycles. The van der Waals surface area contributed by atoms with Crippen molar-refractivity contribution in [2.75, 3.05) is 19.6 Å². The van der Waals surface area contributed by atoms with E-state index in [0.29, 0.717) is 6.54 Å². The summed E-state index contributed by atoms with van der Waals surface area (Å²) in [6, 6.07) is 0. The van der Waals surface area contributed by atoms with Crippen LogP contribution in [0.2, 0.25) is 0 Å². The quantitative estimate of drug-likeness (QED) is 0.195. The molecule has 0 aromatic heterocycles. The van der Waals surface area contributed by atoms with Crippen molar-refractivity contribution in [3.63, 3.8) is 0 Å². The van der Waals surface area contributed by atoms with Gasteiger partial charge in [0, 0.05) is 19.6 Å². The van der Waals surface area contributed by atoms with Crippen molar-refractivity contribution >= 4 is 34.8 Å². The van der Waals surface area contributed by atoms with Crippen LogP contribution in [0.4, 0.5) is 0 Å². The van der Waals surface area contributed by atoms with Gasteiger partial charge in [0.05, 0.1) is 0 Å². The second-order valence-corrected chi connectivity index (χ2v) is 8.86. The smallest absolute Gasteiger partial charge is 0.224 e. The second-order valence-electron chi connectivity index (χ2n) is 8.11. The average molecular weight is 460 g/mol. The largest absolute Gasteiger partial charge is 0.381 e. The Morgan fingerprint density at radius 2 is 1.17 bits per heavy atom. The fourth-order valence-electron chi connectivity index (χ4n) is 3.63. The van der Waals surface area contributed by atoms with Crippen LogP contribution < -0.4 is 5.32 Å². The summed E-state index contributed by atoms with van der Waals surface area (Å²) in [5.74, 6) is -0.692. The van der Waals surface area contributed by atoms with Crippen molar-refractivity contribution in [3.05, 3.63) is 21.5 Å². The first-order valence-electron chi connectivity index (χ1n) is 11.9. The van der Waals surface area contributed by atoms with Crippen molar-refractivity contribution in [3.8, 4) is 0 Å². The Balaban J connectivity index is 2.89. The van der Waals surface area contributed by atoms with E-state index in [4.69, 9.17) is 23.2 Å². The summed E-state index contributed by atoms with van der Waals surface area (Å²) < 4.78 is 0. The van der Waals surface area contributed by atoms with Crippen LogP contribution >= 0.6 is 23.2 Å². The van der Waals surface area contributed by atoms with Crippen LogP contribution in [0.1, 0.15) is 97.8 Å². The lowest BCUT2D eigenvalue weighted by Crippen LogP contribution is -2.37. The average Bonchev–Trinajstić information content (AvgIpc) is 2.74. The van der Waals surface area contributed by atoms with Gasteiger partial charge in [-0.3, -0.25) is 9.59 Å². The number of Topliss-reactive ketones (excluding diaryl/α,β-unsaturated/α-hetero) is 2. The van der Waals surface area contributed by atoms with Crippen molar-refractivity contribution in [2.24, 2.45) is 0 Å². The van der Waals surface area contributed by atoms with Gasteiger partial charge >= 0.3 is 0 Å². The lowest BCUT2D eigenvalue weighted by atomic mass is 10.0. The second kappa shape index (κ2) is 15.8. The van der Waals surface area contributed by atoms with E-state index in [0.717, 1.165) is 90.1 Å². The van der Waals surface area contributed by atoms with Crippen molar-refractivity contribution < 1.29 is 9.59 Å². The predicted molar refractivity (Wildman–Crippen MR) is 128 cm³/mol. The molecule has 1 aliphatic carbocycles. The van der Waals surface area contributed by atoms with Gasteiger partial charge in [0.2, 0.25) is 11.6 Å². The topological polar surface area (TPSA) is 49.4 Å². The monoisotopic (exact) mass is 458 g/mol. The third kappa shape index (κ3) is 8.63. The molecule has 0 radical (unpaired) electrons. The molecular weight excluding hydrogens is 419 g/mol. The summed E-state index contributed by atoms with van der Waals surface area (Å²) in [4.78, 5) is 28.0. The van der Waals surface area contributed by atoms with Crippen LogP contribution in [-0.4, -0.2) is 36.1 Å². The molecule has 1 N–H and O–H groups in total. The van der Waals surface area contributed by atoms with Gasteiger partial charge in [0.25, 0.3) is 0 Å². The summed E-state index contributed by atoms with van der Waals surface area (Å²) in [6.07, 6.45) is 13.1. The lowest BCUT2D eigenvalue weighted by Gasteiger charge is -2.30. The molecule has 0 saturated heterocycles. The molecule has 0 amide bonds. The molecule has 4 nitrogen and oxygen atoms in total. The Kier molecular flexibility index (Phi) is 14.2. The minimum absolute atomic E-state index is 0.00596. The molecule has 6 heteroatoms. The zero-order chi connectivity index (χ0) is 22.4.